The summed E-state index contributed by atoms with van der Waals surface area (Å²) in [6.45, 7) is 1.96. The van der Waals surface area contributed by atoms with E-state index in [2.05, 4.69) is 28.6 Å². The number of carbonyl (C=O) groups excluding carboxylic acids is 3. The Balaban J connectivity index is 4.33. The van der Waals surface area contributed by atoms with Gasteiger partial charge in [0.1, 0.15) is 12.1 Å². The number of hydrogen-bond acceptors (Lipinski definition) is 6. The van der Waals surface area contributed by atoms with Crippen molar-refractivity contribution in [2.24, 2.45) is 5.73 Å². The third-order valence-corrected chi connectivity index (χ3v) is 2.78. The van der Waals surface area contributed by atoms with Crippen LogP contribution in [0.2, 0.25) is 0 Å². The van der Waals surface area contributed by atoms with Crippen molar-refractivity contribution in [3.05, 3.63) is 0 Å². The molecular weight excluding hydrogens is 300 g/mol. The van der Waals surface area contributed by atoms with Crippen LogP contribution in [0.4, 0.5) is 0 Å². The highest BCUT2D eigenvalue weighted by Crippen LogP contribution is 2.02. The highest BCUT2D eigenvalue weighted by atomic mass is 32.1. The summed E-state index contributed by atoms with van der Waals surface area (Å²) in [5.41, 5.74) is 4.20. The van der Waals surface area contributed by atoms with Crippen molar-refractivity contribution in [2.75, 3.05) is 18.8 Å². The average molecular weight is 320 g/mol. The lowest BCUT2D eigenvalue weighted by atomic mass is 10.0. The highest BCUT2D eigenvalue weighted by Gasteiger charge is 2.31. The Morgan fingerprint density at radius 2 is 1.76 bits per heavy atom. The third-order valence-electron chi connectivity index (χ3n) is 2.38. The predicted molar refractivity (Wildman–Crippen MR) is 77.7 cm³/mol. The van der Waals surface area contributed by atoms with Gasteiger partial charge >= 0.3 is 5.97 Å². The summed E-state index contributed by atoms with van der Waals surface area (Å²) in [4.78, 5) is 45.0. The fourth-order valence-corrected chi connectivity index (χ4v) is 1.32. The Bertz CT molecular complexity index is 427. The first-order valence-electron chi connectivity index (χ1n) is 6.05. The molecule has 0 aromatic heterocycles. The standard InChI is InChI=1S/C11H20N4O5S/c1-11(2,15-9(19)6(12)5-21)10(20)14-3-7(16)13-4-8(17)18/h6,21H,3-5,12H2,1-2H3,(H,13,16)(H,14,20)(H,15,19)(H,17,18)/t6-/m0/s1. The zero-order valence-electron chi connectivity index (χ0n) is 11.8. The molecule has 9 nitrogen and oxygen atoms in total. The Kier molecular flexibility index (Phi) is 7.74. The van der Waals surface area contributed by atoms with Crippen LogP contribution < -0.4 is 21.7 Å². The number of carboxylic acid groups (broad SMARTS) is 1. The molecule has 0 heterocycles. The van der Waals surface area contributed by atoms with Crippen LogP contribution in [0.1, 0.15) is 13.8 Å². The molecule has 0 bridgehead atoms. The molecule has 0 fully saturated rings. The smallest absolute Gasteiger partial charge is 0.322 e. The number of carboxylic acids is 1. The second-order valence-corrected chi connectivity index (χ2v) is 5.12. The molecule has 120 valence electrons. The molecule has 3 amide bonds. The van der Waals surface area contributed by atoms with Gasteiger partial charge in [-0.2, -0.15) is 12.6 Å². The maximum absolute atomic E-state index is 11.9. The molecular formula is C11H20N4O5S. The van der Waals surface area contributed by atoms with Crippen LogP contribution in [-0.4, -0.2) is 59.2 Å². The van der Waals surface area contributed by atoms with E-state index in [-0.39, 0.29) is 5.75 Å². The van der Waals surface area contributed by atoms with Gasteiger partial charge in [-0.3, -0.25) is 19.2 Å². The van der Waals surface area contributed by atoms with Gasteiger partial charge in [0.05, 0.1) is 12.6 Å². The number of hydrogen-bond donors (Lipinski definition) is 6. The predicted octanol–water partition coefficient (Wildman–Crippen LogP) is -2.54. The van der Waals surface area contributed by atoms with Gasteiger partial charge in [-0.05, 0) is 13.8 Å². The van der Waals surface area contributed by atoms with Crippen LogP contribution in [0.5, 0.6) is 0 Å². The van der Waals surface area contributed by atoms with Crippen molar-refractivity contribution in [1.82, 2.24) is 16.0 Å². The van der Waals surface area contributed by atoms with Crippen LogP contribution in [0.25, 0.3) is 0 Å². The van der Waals surface area contributed by atoms with Gasteiger partial charge in [0, 0.05) is 5.75 Å². The molecule has 1 atom stereocenters. The van der Waals surface area contributed by atoms with E-state index >= 15 is 0 Å². The van der Waals surface area contributed by atoms with Gasteiger partial charge in [0.25, 0.3) is 0 Å². The molecule has 0 saturated heterocycles. The van der Waals surface area contributed by atoms with E-state index in [1.54, 1.807) is 0 Å². The number of carbonyl (C=O) groups is 4. The first-order chi connectivity index (χ1) is 9.60. The molecule has 21 heavy (non-hydrogen) atoms. The quantitative estimate of drug-likeness (QED) is 0.271. The molecule has 10 heteroatoms. The number of aliphatic carboxylic acids is 1. The van der Waals surface area contributed by atoms with Crippen LogP contribution in [0.3, 0.4) is 0 Å². The van der Waals surface area contributed by atoms with Gasteiger partial charge in [-0.1, -0.05) is 0 Å². The van der Waals surface area contributed by atoms with E-state index < -0.39 is 48.4 Å². The van der Waals surface area contributed by atoms with E-state index in [0.717, 1.165) is 0 Å². The van der Waals surface area contributed by atoms with Crippen LogP contribution >= 0.6 is 12.6 Å². The zero-order valence-corrected chi connectivity index (χ0v) is 12.7. The monoisotopic (exact) mass is 320 g/mol. The van der Waals surface area contributed by atoms with E-state index in [1.165, 1.54) is 13.8 Å². The minimum absolute atomic E-state index is 0.126. The van der Waals surface area contributed by atoms with Gasteiger partial charge in [-0.15, -0.1) is 0 Å². The lowest BCUT2D eigenvalue weighted by Gasteiger charge is -2.26. The lowest BCUT2D eigenvalue weighted by molar-refractivity contribution is -0.138. The summed E-state index contributed by atoms with van der Waals surface area (Å²) >= 11 is 3.88. The first kappa shape index (κ1) is 19.2. The minimum atomic E-state index is -1.27. The zero-order chi connectivity index (χ0) is 16.6. The fourth-order valence-electron chi connectivity index (χ4n) is 1.16. The molecule has 0 saturated carbocycles. The lowest BCUT2D eigenvalue weighted by Crippen LogP contribution is -2.59. The molecule has 0 rings (SSSR count). The number of thiol groups is 1. The van der Waals surface area contributed by atoms with Crippen LogP contribution in [-0.2, 0) is 19.2 Å². The van der Waals surface area contributed by atoms with E-state index in [0.29, 0.717) is 0 Å². The van der Waals surface area contributed by atoms with Gasteiger partial charge in [-0.25, -0.2) is 0 Å². The van der Waals surface area contributed by atoms with E-state index in [1.807, 2.05) is 0 Å². The maximum atomic E-state index is 11.9. The Hall–Kier alpha value is -1.81. The highest BCUT2D eigenvalue weighted by molar-refractivity contribution is 7.80. The summed E-state index contributed by atoms with van der Waals surface area (Å²) in [5, 5.41) is 15.2. The Morgan fingerprint density at radius 3 is 2.24 bits per heavy atom. The van der Waals surface area contributed by atoms with Gasteiger partial charge < -0.3 is 26.8 Å². The summed E-state index contributed by atoms with van der Waals surface area (Å²) in [6, 6.07) is -0.848. The van der Waals surface area contributed by atoms with Crippen molar-refractivity contribution < 1.29 is 24.3 Å². The number of nitrogens with one attached hydrogen (secondary N) is 3. The van der Waals surface area contributed by atoms with Crippen molar-refractivity contribution in [3.63, 3.8) is 0 Å². The topological polar surface area (TPSA) is 151 Å². The normalized spacial score (nSPS) is 12.2. The maximum Gasteiger partial charge on any atom is 0.322 e. The van der Waals surface area contributed by atoms with E-state index in [4.69, 9.17) is 10.8 Å². The van der Waals surface area contributed by atoms with Crippen LogP contribution in [0, 0.1) is 0 Å². The molecule has 0 aliphatic carbocycles. The molecule has 0 aromatic rings. The summed E-state index contributed by atoms with van der Waals surface area (Å²) in [6.07, 6.45) is 0. The summed E-state index contributed by atoms with van der Waals surface area (Å²) < 4.78 is 0. The molecule has 0 spiro atoms. The number of rotatable bonds is 8. The van der Waals surface area contributed by atoms with E-state index in [9.17, 15) is 19.2 Å². The van der Waals surface area contributed by atoms with Gasteiger partial charge in [0.15, 0.2) is 0 Å². The number of amides is 3. The second kappa shape index (κ2) is 8.47. The Morgan fingerprint density at radius 1 is 1.19 bits per heavy atom. The Labute approximate surface area is 127 Å². The average Bonchev–Trinajstić information content (AvgIpc) is 2.40. The molecule has 0 aromatic carbocycles. The summed E-state index contributed by atoms with van der Waals surface area (Å²) in [5.74, 6) is -2.86. The van der Waals surface area contributed by atoms with Crippen molar-refractivity contribution >= 4 is 36.3 Å². The van der Waals surface area contributed by atoms with Crippen LogP contribution in [0.15, 0.2) is 0 Å². The van der Waals surface area contributed by atoms with Crippen molar-refractivity contribution in [3.8, 4) is 0 Å². The molecule has 0 unspecified atom stereocenters. The van der Waals surface area contributed by atoms with Gasteiger partial charge in [0.2, 0.25) is 17.7 Å². The molecule has 0 aliphatic heterocycles. The van der Waals surface area contributed by atoms with Crippen molar-refractivity contribution in [2.45, 2.75) is 25.4 Å². The fraction of sp³-hybridized carbons (Fsp3) is 0.636. The number of nitrogens with two attached hydrogens (primary N) is 1. The second-order valence-electron chi connectivity index (χ2n) is 4.76. The molecule has 6 N–H and O–H groups in total. The minimum Gasteiger partial charge on any atom is -0.480 e. The molecule has 0 radical (unpaired) electrons. The third kappa shape index (κ3) is 7.51. The first-order valence-corrected chi connectivity index (χ1v) is 6.68. The molecule has 0 aliphatic rings. The van der Waals surface area contributed by atoms with Crippen molar-refractivity contribution in [1.29, 1.82) is 0 Å². The summed E-state index contributed by atoms with van der Waals surface area (Å²) in [7, 11) is 0. The SMILES string of the molecule is CC(C)(NC(=O)[C@@H](N)CS)C(=O)NCC(=O)NCC(=O)O. The largest absolute Gasteiger partial charge is 0.480 e.